The fourth-order valence-corrected chi connectivity index (χ4v) is 3.79. The van der Waals surface area contributed by atoms with Crippen LogP contribution in [0, 0.1) is 5.92 Å². The van der Waals surface area contributed by atoms with Crippen LogP contribution in [0.3, 0.4) is 0 Å². The van der Waals surface area contributed by atoms with Crippen LogP contribution < -0.4 is 20.7 Å². The average molecular weight is 424 g/mol. The van der Waals surface area contributed by atoms with E-state index in [9.17, 15) is 14.4 Å². The van der Waals surface area contributed by atoms with Crippen LogP contribution >= 0.6 is 0 Å². The van der Waals surface area contributed by atoms with Gasteiger partial charge in [0.05, 0.1) is 18.4 Å². The van der Waals surface area contributed by atoms with Crippen molar-refractivity contribution in [2.45, 2.75) is 45.2 Å². The molecule has 3 rings (SSSR count). The number of anilines is 1. The zero-order valence-electron chi connectivity index (χ0n) is 17.9. The molecule has 2 aromatic carbocycles. The molecule has 2 aromatic rings. The maximum Gasteiger partial charge on any atom is 0.313 e. The maximum atomic E-state index is 12.7. The molecule has 7 heteroatoms. The first-order chi connectivity index (χ1) is 15.0. The van der Waals surface area contributed by atoms with E-state index in [-0.39, 0.29) is 17.5 Å². The number of carbonyl (C=O) groups excluding carboxylic acids is 3. The van der Waals surface area contributed by atoms with Gasteiger partial charge in [-0.2, -0.15) is 0 Å². The molecule has 0 unspecified atom stereocenters. The third kappa shape index (κ3) is 6.07. The fourth-order valence-electron chi connectivity index (χ4n) is 3.79. The van der Waals surface area contributed by atoms with E-state index in [0.29, 0.717) is 23.9 Å². The molecule has 0 aliphatic heterocycles. The smallest absolute Gasteiger partial charge is 0.313 e. The summed E-state index contributed by atoms with van der Waals surface area (Å²) in [5.74, 6) is -0.742. The van der Waals surface area contributed by atoms with Crippen molar-refractivity contribution in [3.63, 3.8) is 0 Å². The number of carbonyl (C=O) groups is 3. The van der Waals surface area contributed by atoms with Crippen LogP contribution in [0.25, 0.3) is 0 Å². The Kier molecular flexibility index (Phi) is 7.65. The second-order valence-electron chi connectivity index (χ2n) is 7.88. The highest BCUT2D eigenvalue weighted by Gasteiger charge is 2.26. The molecule has 0 spiro atoms. The molecule has 0 bridgehead atoms. The lowest BCUT2D eigenvalue weighted by Gasteiger charge is -2.29. The average Bonchev–Trinajstić information content (AvgIpc) is 2.79. The Hall–Kier alpha value is -3.35. The lowest BCUT2D eigenvalue weighted by molar-refractivity contribution is -0.137. The van der Waals surface area contributed by atoms with E-state index >= 15 is 0 Å². The van der Waals surface area contributed by atoms with Gasteiger partial charge in [0, 0.05) is 12.6 Å². The first kappa shape index (κ1) is 22.3. The third-order valence-electron chi connectivity index (χ3n) is 5.64. The first-order valence-corrected chi connectivity index (χ1v) is 10.6. The van der Waals surface area contributed by atoms with Crippen LogP contribution in [-0.2, 0) is 16.1 Å². The van der Waals surface area contributed by atoms with Crippen LogP contribution in [0.5, 0.6) is 5.75 Å². The predicted molar refractivity (Wildman–Crippen MR) is 119 cm³/mol. The summed E-state index contributed by atoms with van der Waals surface area (Å²) >= 11 is 0. The molecule has 1 fully saturated rings. The summed E-state index contributed by atoms with van der Waals surface area (Å²) in [6, 6.07) is 14.0. The summed E-state index contributed by atoms with van der Waals surface area (Å²) in [4.78, 5) is 37.5. The van der Waals surface area contributed by atoms with E-state index in [2.05, 4.69) is 22.9 Å². The SMILES string of the molecule is COc1cccc(CNC(=O)c2ccccc2NC(=O)C(=O)N[C@H]2CCCC[C@H]2C)c1. The van der Waals surface area contributed by atoms with Gasteiger partial charge in [0.15, 0.2) is 0 Å². The second kappa shape index (κ2) is 10.6. The topological polar surface area (TPSA) is 96.5 Å². The Morgan fingerprint density at radius 2 is 1.77 bits per heavy atom. The minimum atomic E-state index is -0.772. The molecule has 2 atom stereocenters. The summed E-state index contributed by atoms with van der Waals surface area (Å²) < 4.78 is 5.19. The van der Waals surface area contributed by atoms with Gasteiger partial charge < -0.3 is 20.7 Å². The summed E-state index contributed by atoms with van der Waals surface area (Å²) in [7, 11) is 1.59. The molecule has 3 amide bonds. The van der Waals surface area contributed by atoms with Crippen molar-refractivity contribution >= 4 is 23.4 Å². The Labute approximate surface area is 182 Å². The zero-order valence-corrected chi connectivity index (χ0v) is 17.9. The quantitative estimate of drug-likeness (QED) is 0.622. The van der Waals surface area contributed by atoms with Gasteiger partial charge in [0.25, 0.3) is 5.91 Å². The molecule has 3 N–H and O–H groups in total. The third-order valence-corrected chi connectivity index (χ3v) is 5.64. The van der Waals surface area contributed by atoms with E-state index < -0.39 is 11.8 Å². The lowest BCUT2D eigenvalue weighted by Crippen LogP contribution is -2.46. The molecular formula is C24H29N3O4. The summed E-state index contributed by atoms with van der Waals surface area (Å²) in [5.41, 5.74) is 1.47. The predicted octanol–water partition coefficient (Wildman–Crippen LogP) is 3.26. The van der Waals surface area contributed by atoms with E-state index in [4.69, 9.17) is 4.74 Å². The molecule has 1 aliphatic rings. The van der Waals surface area contributed by atoms with Crippen LogP contribution in [0.1, 0.15) is 48.5 Å². The zero-order chi connectivity index (χ0) is 22.2. The molecule has 31 heavy (non-hydrogen) atoms. The minimum absolute atomic E-state index is 0.00778. The maximum absolute atomic E-state index is 12.7. The number of methoxy groups -OCH3 is 1. The largest absolute Gasteiger partial charge is 0.497 e. The van der Waals surface area contributed by atoms with Crippen molar-refractivity contribution in [3.05, 3.63) is 59.7 Å². The lowest BCUT2D eigenvalue weighted by atomic mass is 9.86. The number of amides is 3. The molecular weight excluding hydrogens is 394 g/mol. The molecule has 0 radical (unpaired) electrons. The summed E-state index contributed by atoms with van der Waals surface area (Å²) in [5, 5.41) is 8.25. The van der Waals surface area contributed by atoms with Gasteiger partial charge >= 0.3 is 11.8 Å². The van der Waals surface area contributed by atoms with Crippen molar-refractivity contribution in [3.8, 4) is 5.75 Å². The van der Waals surface area contributed by atoms with Gasteiger partial charge in [-0.05, 0) is 48.6 Å². The highest BCUT2D eigenvalue weighted by atomic mass is 16.5. The Morgan fingerprint density at radius 3 is 2.55 bits per heavy atom. The number of hydrogen-bond acceptors (Lipinski definition) is 4. The highest BCUT2D eigenvalue weighted by Crippen LogP contribution is 2.23. The molecule has 7 nitrogen and oxygen atoms in total. The monoisotopic (exact) mass is 423 g/mol. The molecule has 0 heterocycles. The number of para-hydroxylation sites is 1. The number of ether oxygens (including phenoxy) is 1. The number of hydrogen-bond donors (Lipinski definition) is 3. The van der Waals surface area contributed by atoms with E-state index in [0.717, 1.165) is 31.2 Å². The van der Waals surface area contributed by atoms with Crippen LogP contribution in [0.4, 0.5) is 5.69 Å². The van der Waals surface area contributed by atoms with E-state index in [1.54, 1.807) is 31.4 Å². The normalized spacial score (nSPS) is 18.0. The van der Waals surface area contributed by atoms with Crippen molar-refractivity contribution in [1.29, 1.82) is 0 Å². The first-order valence-electron chi connectivity index (χ1n) is 10.6. The van der Waals surface area contributed by atoms with Gasteiger partial charge in [0.2, 0.25) is 0 Å². The van der Waals surface area contributed by atoms with Crippen molar-refractivity contribution in [1.82, 2.24) is 10.6 Å². The standard InChI is InChI=1S/C24H29N3O4/c1-16-8-3-5-12-20(16)26-23(29)24(30)27-21-13-6-4-11-19(21)22(28)25-15-17-9-7-10-18(14-17)31-2/h4,6-7,9-11,13-14,16,20H,3,5,8,12,15H2,1-2H3,(H,25,28)(H,26,29)(H,27,30)/t16-,20+/m1/s1. The van der Waals surface area contributed by atoms with Crippen molar-refractivity contribution < 1.29 is 19.1 Å². The van der Waals surface area contributed by atoms with Gasteiger partial charge in [0.1, 0.15) is 5.75 Å². The Balaban J connectivity index is 1.61. The molecule has 0 aromatic heterocycles. The van der Waals surface area contributed by atoms with Gasteiger partial charge in [-0.3, -0.25) is 14.4 Å². The van der Waals surface area contributed by atoms with Crippen molar-refractivity contribution in [2.24, 2.45) is 5.92 Å². The molecule has 164 valence electrons. The Bertz CT molecular complexity index is 944. The Morgan fingerprint density at radius 1 is 1.00 bits per heavy atom. The summed E-state index contributed by atoms with van der Waals surface area (Å²) in [6.45, 7) is 2.39. The number of nitrogens with one attached hydrogen (secondary N) is 3. The number of benzene rings is 2. The minimum Gasteiger partial charge on any atom is -0.497 e. The van der Waals surface area contributed by atoms with Gasteiger partial charge in [-0.1, -0.05) is 44.0 Å². The number of rotatable bonds is 6. The second-order valence-corrected chi connectivity index (χ2v) is 7.88. The van der Waals surface area contributed by atoms with Gasteiger partial charge in [-0.25, -0.2) is 0 Å². The van der Waals surface area contributed by atoms with E-state index in [1.165, 1.54) is 0 Å². The van der Waals surface area contributed by atoms with Crippen LogP contribution in [-0.4, -0.2) is 30.9 Å². The van der Waals surface area contributed by atoms with Crippen LogP contribution in [0.15, 0.2) is 48.5 Å². The summed E-state index contributed by atoms with van der Waals surface area (Å²) in [6.07, 6.45) is 4.12. The van der Waals surface area contributed by atoms with Crippen molar-refractivity contribution in [2.75, 3.05) is 12.4 Å². The van der Waals surface area contributed by atoms with E-state index in [1.807, 2.05) is 24.3 Å². The highest BCUT2D eigenvalue weighted by molar-refractivity contribution is 6.40. The molecule has 1 aliphatic carbocycles. The fraction of sp³-hybridized carbons (Fsp3) is 0.375. The molecule has 1 saturated carbocycles. The van der Waals surface area contributed by atoms with Gasteiger partial charge in [-0.15, -0.1) is 0 Å². The molecule has 0 saturated heterocycles. The van der Waals surface area contributed by atoms with Crippen LogP contribution in [0.2, 0.25) is 0 Å².